The number of aromatic amines is 1. The topological polar surface area (TPSA) is 155 Å². The van der Waals surface area contributed by atoms with Crippen molar-refractivity contribution in [2.24, 2.45) is 7.05 Å². The average Bonchev–Trinajstić information content (AvgIpc) is 4.03. The third-order valence-electron chi connectivity index (χ3n) is 14.4. The lowest BCUT2D eigenvalue weighted by Gasteiger charge is -2.36. The summed E-state index contributed by atoms with van der Waals surface area (Å²) >= 11 is 0. The summed E-state index contributed by atoms with van der Waals surface area (Å²) in [6, 6.07) is 10.7. The first-order chi connectivity index (χ1) is 31.7. The molecule has 2 aliphatic heterocycles. The number of pyridine rings is 1. The van der Waals surface area contributed by atoms with Gasteiger partial charge >= 0.3 is 11.4 Å². The second-order valence-corrected chi connectivity index (χ2v) is 19.0. The number of H-pyrrole nitrogens is 1. The minimum absolute atomic E-state index is 0.0218. The van der Waals surface area contributed by atoms with Gasteiger partial charge in [-0.15, -0.1) is 0 Å². The number of aromatic nitrogens is 9. The summed E-state index contributed by atoms with van der Waals surface area (Å²) in [6.45, 7) is 6.56. The van der Waals surface area contributed by atoms with E-state index in [-0.39, 0.29) is 58.6 Å². The standard InChI is InChI=1S/C48H45F3N10O5/c1-25-38-34(54-61(28-7-8-33(49)30(21-28)26-5-6-26)42(38)60-19-18-59(46(60)64)36-10-9-35-32(40(36)51)24-52-56(35)4)12-17-57(25)43(62)31-22-37-39(50)29(27-13-20-65-47(2,3)23-27)11-16-58(37)41(31)48(14-15-48)44-53-45(63)66-55-44/h7-11,16,18-19,21-22,24-27H,5-6,12-15,17,20,23H2,1-4H3,(H,53,55,63)/t25-,27+/m0/s1. The average molecular weight is 899 g/mol. The summed E-state index contributed by atoms with van der Waals surface area (Å²) in [6.07, 6.45) is 10.5. The van der Waals surface area contributed by atoms with Crippen LogP contribution in [0.4, 0.5) is 13.2 Å². The smallest absolute Gasteiger partial charge is 0.376 e. The number of amides is 1. The third kappa shape index (κ3) is 6.05. The van der Waals surface area contributed by atoms with E-state index in [0.717, 1.165) is 12.8 Å². The Morgan fingerprint density at radius 1 is 0.909 bits per heavy atom. The molecule has 8 aromatic rings. The normalized spacial score (nSPS) is 20.1. The second-order valence-electron chi connectivity index (χ2n) is 19.0. The lowest BCUT2D eigenvalue weighted by atomic mass is 9.83. The quantitative estimate of drug-likeness (QED) is 0.165. The molecule has 4 aliphatic rings. The van der Waals surface area contributed by atoms with Gasteiger partial charge in [0.05, 0.1) is 62.3 Å². The summed E-state index contributed by atoms with van der Waals surface area (Å²) in [5, 5.41) is 13.6. The van der Waals surface area contributed by atoms with Gasteiger partial charge in [-0.25, -0.2) is 27.4 Å². The van der Waals surface area contributed by atoms with Crippen molar-refractivity contribution in [3.05, 3.63) is 145 Å². The van der Waals surface area contributed by atoms with Crippen molar-refractivity contribution < 1.29 is 27.2 Å². The van der Waals surface area contributed by atoms with Crippen LogP contribution in [0, 0.1) is 17.5 Å². The molecule has 2 aliphatic carbocycles. The molecule has 0 bridgehead atoms. The summed E-state index contributed by atoms with van der Waals surface area (Å²) in [7, 11) is 1.71. The fourth-order valence-electron chi connectivity index (χ4n) is 10.8. The van der Waals surface area contributed by atoms with Crippen LogP contribution in [-0.4, -0.2) is 72.8 Å². The van der Waals surface area contributed by atoms with Crippen molar-refractivity contribution in [3.8, 4) is 17.2 Å². The largest absolute Gasteiger partial charge is 0.438 e. The van der Waals surface area contributed by atoms with Gasteiger partial charge in [0, 0.05) is 56.5 Å². The van der Waals surface area contributed by atoms with Crippen molar-refractivity contribution >= 4 is 22.3 Å². The van der Waals surface area contributed by atoms with Gasteiger partial charge in [0.1, 0.15) is 11.6 Å². The number of hydrogen-bond acceptors (Lipinski definition) is 8. The number of imidazole rings is 1. The van der Waals surface area contributed by atoms with Crippen LogP contribution in [0.5, 0.6) is 0 Å². The Morgan fingerprint density at radius 2 is 1.71 bits per heavy atom. The minimum Gasteiger partial charge on any atom is -0.376 e. The SMILES string of the molecule is C[C@H]1c2c(nn(-c3ccc(F)c(C4CC4)c3)c2-n2ccn(-c3ccc4c(cnn4C)c3F)c2=O)CCN1C(=O)c1cc2c(F)c([C@@H]3CCOC(C)(C)C3)ccn2c1C1(c2noc(=O)[nH]2)CC1. The van der Waals surface area contributed by atoms with Crippen LogP contribution in [0.15, 0.2) is 81.4 Å². The van der Waals surface area contributed by atoms with Crippen LogP contribution in [0.3, 0.4) is 0 Å². The summed E-state index contributed by atoms with van der Waals surface area (Å²) in [4.78, 5) is 46.9. The zero-order valence-electron chi connectivity index (χ0n) is 36.6. The van der Waals surface area contributed by atoms with Gasteiger partial charge < -0.3 is 14.0 Å². The number of carbonyl (C=O) groups is 1. The van der Waals surface area contributed by atoms with E-state index in [0.29, 0.717) is 77.4 Å². The molecule has 8 heterocycles. The Hall–Kier alpha value is -6.95. The van der Waals surface area contributed by atoms with Crippen LogP contribution < -0.4 is 11.4 Å². The van der Waals surface area contributed by atoms with Crippen LogP contribution in [-0.2, 0) is 23.6 Å². The molecule has 2 aromatic carbocycles. The maximum Gasteiger partial charge on any atom is 0.438 e. The van der Waals surface area contributed by atoms with Crippen molar-refractivity contribution in [1.82, 2.24) is 48.1 Å². The van der Waals surface area contributed by atoms with E-state index in [1.807, 2.05) is 20.8 Å². The first kappa shape index (κ1) is 40.6. The van der Waals surface area contributed by atoms with Gasteiger partial charge in [0.25, 0.3) is 5.91 Å². The van der Waals surface area contributed by atoms with E-state index < -0.39 is 46.0 Å². The van der Waals surface area contributed by atoms with E-state index in [4.69, 9.17) is 14.4 Å². The fourth-order valence-corrected chi connectivity index (χ4v) is 10.8. The lowest BCUT2D eigenvalue weighted by Crippen LogP contribution is -2.40. The van der Waals surface area contributed by atoms with Crippen molar-refractivity contribution in [2.45, 2.75) is 94.6 Å². The number of nitrogens with one attached hydrogen (secondary N) is 1. The van der Waals surface area contributed by atoms with Gasteiger partial charge in [-0.05, 0) is 125 Å². The lowest BCUT2D eigenvalue weighted by molar-refractivity contribution is -0.0596. The molecule has 2 atom stereocenters. The van der Waals surface area contributed by atoms with E-state index in [1.165, 1.54) is 39.9 Å². The summed E-state index contributed by atoms with van der Waals surface area (Å²) < 4.78 is 66.9. The molecule has 1 amide bonds. The zero-order chi connectivity index (χ0) is 45.6. The van der Waals surface area contributed by atoms with Gasteiger partial charge in [-0.1, -0.05) is 5.16 Å². The number of carbonyl (C=O) groups excluding carboxylic acids is 1. The molecule has 0 radical (unpaired) electrons. The first-order valence-electron chi connectivity index (χ1n) is 22.4. The Balaban J connectivity index is 1.00. The molecule has 1 N–H and O–H groups in total. The van der Waals surface area contributed by atoms with Gasteiger partial charge in [0.2, 0.25) is 0 Å². The number of aryl methyl sites for hydroxylation is 1. The number of nitrogens with zero attached hydrogens (tertiary/aromatic N) is 9. The van der Waals surface area contributed by atoms with Crippen molar-refractivity contribution in [3.63, 3.8) is 0 Å². The molecule has 0 unspecified atom stereocenters. The summed E-state index contributed by atoms with van der Waals surface area (Å²) in [5.41, 5.74) is 2.36. The van der Waals surface area contributed by atoms with Gasteiger partial charge in [0.15, 0.2) is 17.5 Å². The Bertz CT molecular complexity index is 3450. The highest BCUT2D eigenvalue weighted by atomic mass is 19.1. The molecule has 6 aromatic heterocycles. The Kier molecular flexibility index (Phi) is 8.77. The number of hydrogen-bond donors (Lipinski definition) is 1. The van der Waals surface area contributed by atoms with Gasteiger partial charge in [-0.3, -0.25) is 28.1 Å². The zero-order valence-corrected chi connectivity index (χ0v) is 36.6. The first-order valence-corrected chi connectivity index (χ1v) is 22.4. The number of ether oxygens (including phenoxy) is 1. The van der Waals surface area contributed by atoms with Crippen LogP contribution >= 0.6 is 0 Å². The predicted molar refractivity (Wildman–Crippen MR) is 234 cm³/mol. The molecule has 2 saturated carbocycles. The highest BCUT2D eigenvalue weighted by molar-refractivity contribution is 5.98. The van der Waals surface area contributed by atoms with Crippen LogP contribution in [0.25, 0.3) is 33.6 Å². The summed E-state index contributed by atoms with van der Waals surface area (Å²) in [5.74, 6) is -1.99. The molecule has 3 fully saturated rings. The molecular weight excluding hydrogens is 854 g/mol. The maximum absolute atomic E-state index is 17.1. The molecule has 338 valence electrons. The van der Waals surface area contributed by atoms with Crippen molar-refractivity contribution in [1.29, 1.82) is 0 Å². The number of fused-ring (bicyclic) bond motifs is 3. The maximum atomic E-state index is 17.1. The molecule has 18 heteroatoms. The van der Waals surface area contributed by atoms with E-state index in [9.17, 15) is 9.59 Å². The van der Waals surface area contributed by atoms with Crippen LogP contribution in [0.1, 0.15) is 121 Å². The van der Waals surface area contributed by atoms with E-state index >= 15 is 18.0 Å². The van der Waals surface area contributed by atoms with Crippen LogP contribution in [0.2, 0.25) is 0 Å². The predicted octanol–water partition coefficient (Wildman–Crippen LogP) is 7.44. The van der Waals surface area contributed by atoms with Gasteiger partial charge in [-0.2, -0.15) is 10.2 Å². The van der Waals surface area contributed by atoms with E-state index in [2.05, 4.69) is 15.2 Å². The molecule has 12 rings (SSSR count). The molecule has 66 heavy (non-hydrogen) atoms. The monoisotopic (exact) mass is 898 g/mol. The molecule has 15 nitrogen and oxygen atoms in total. The number of halogens is 3. The highest BCUT2D eigenvalue weighted by Gasteiger charge is 2.54. The van der Waals surface area contributed by atoms with Crippen molar-refractivity contribution in [2.75, 3.05) is 13.2 Å². The highest BCUT2D eigenvalue weighted by Crippen LogP contribution is 2.54. The fraction of sp³-hybridized carbons (Fsp3) is 0.375. The molecule has 1 saturated heterocycles. The number of benzene rings is 2. The Morgan fingerprint density at radius 3 is 2.45 bits per heavy atom. The molecular formula is C48H45F3N10O5. The molecule has 0 spiro atoms. The minimum atomic E-state index is -0.940. The second kappa shape index (κ2) is 14.3. The third-order valence-corrected chi connectivity index (χ3v) is 14.4. The Labute approximate surface area is 374 Å². The van der Waals surface area contributed by atoms with E-state index in [1.54, 1.807) is 62.2 Å². The number of rotatable bonds is 8.